The van der Waals surface area contributed by atoms with E-state index in [1.807, 2.05) is 48.9 Å². The second-order valence-corrected chi connectivity index (χ2v) is 8.88. The molecule has 0 aliphatic rings. The maximum Gasteiger partial charge on any atom is 0.251 e. The molecule has 0 aliphatic carbocycles. The van der Waals surface area contributed by atoms with Gasteiger partial charge in [0.15, 0.2) is 5.65 Å². The third-order valence-electron chi connectivity index (χ3n) is 6.17. The molecule has 0 atom stereocenters. The first kappa shape index (κ1) is 23.2. The molecule has 7 nitrogen and oxygen atoms in total. The molecule has 0 unspecified atom stereocenters. The lowest BCUT2D eigenvalue weighted by Gasteiger charge is -2.13. The molecule has 5 rings (SSSR count). The van der Waals surface area contributed by atoms with E-state index in [2.05, 4.69) is 46.9 Å². The van der Waals surface area contributed by atoms with Crippen LogP contribution in [0, 0.1) is 6.92 Å². The molecule has 0 bridgehead atoms. The topological polar surface area (TPSA) is 97.3 Å². The lowest BCUT2D eigenvalue weighted by molar-refractivity contribution is 0.0951. The summed E-state index contributed by atoms with van der Waals surface area (Å²) in [6.07, 6.45) is 1.84. The Bertz CT molecular complexity index is 1540. The standard InChI is InChI=1S/C28H27BN6O/c1-18-5-2-3-8-23(18)25-14-26(35-27(34-25)24(29)17-33-35)31-15-19-9-11-20(12-10-19)16-32-28(36)21-6-4-7-22(30)13-21/h2-14,17,31H,15-16,29-30H2,1H3,(H,32,36). The zero-order chi connectivity index (χ0) is 25.1. The van der Waals surface area contributed by atoms with Gasteiger partial charge in [-0.3, -0.25) is 4.79 Å². The number of carbonyl (C=O) groups is 1. The molecule has 0 radical (unpaired) electrons. The van der Waals surface area contributed by atoms with Crippen molar-refractivity contribution in [3.05, 3.63) is 107 Å². The first-order valence-electron chi connectivity index (χ1n) is 11.8. The Kier molecular flexibility index (Phi) is 6.41. The van der Waals surface area contributed by atoms with Crippen LogP contribution >= 0.6 is 0 Å². The molecule has 3 aromatic carbocycles. The monoisotopic (exact) mass is 474 g/mol. The Morgan fingerprint density at radius 3 is 2.47 bits per heavy atom. The average molecular weight is 474 g/mol. The second-order valence-electron chi connectivity index (χ2n) is 8.88. The van der Waals surface area contributed by atoms with E-state index < -0.39 is 0 Å². The van der Waals surface area contributed by atoms with Crippen LogP contribution in [0.3, 0.4) is 0 Å². The summed E-state index contributed by atoms with van der Waals surface area (Å²) in [7, 11) is 2.02. The fourth-order valence-corrected chi connectivity index (χ4v) is 4.13. The van der Waals surface area contributed by atoms with E-state index in [4.69, 9.17) is 10.7 Å². The van der Waals surface area contributed by atoms with Gasteiger partial charge in [-0.1, -0.05) is 54.6 Å². The van der Waals surface area contributed by atoms with Gasteiger partial charge in [0.05, 0.1) is 5.69 Å². The first-order chi connectivity index (χ1) is 17.5. The number of carbonyl (C=O) groups excluding carboxylic acids is 1. The molecule has 5 aromatic rings. The number of anilines is 2. The van der Waals surface area contributed by atoms with Crippen molar-refractivity contribution < 1.29 is 4.79 Å². The molecule has 178 valence electrons. The van der Waals surface area contributed by atoms with Gasteiger partial charge in [-0.25, -0.2) is 4.98 Å². The fraction of sp³-hybridized carbons (Fsp3) is 0.107. The normalized spacial score (nSPS) is 10.9. The summed E-state index contributed by atoms with van der Waals surface area (Å²) in [4.78, 5) is 17.2. The van der Waals surface area contributed by atoms with E-state index >= 15 is 0 Å². The van der Waals surface area contributed by atoms with Gasteiger partial charge in [0.1, 0.15) is 13.7 Å². The number of nitrogens with zero attached hydrogens (tertiary/aromatic N) is 3. The van der Waals surface area contributed by atoms with Gasteiger partial charge in [0.25, 0.3) is 5.91 Å². The average Bonchev–Trinajstić information content (AvgIpc) is 3.27. The summed E-state index contributed by atoms with van der Waals surface area (Å²) in [5.41, 5.74) is 14.1. The number of rotatable bonds is 7. The van der Waals surface area contributed by atoms with Gasteiger partial charge in [0.2, 0.25) is 0 Å². The molecule has 0 saturated heterocycles. The molecule has 2 aromatic heterocycles. The van der Waals surface area contributed by atoms with Gasteiger partial charge in [-0.15, -0.1) is 0 Å². The minimum Gasteiger partial charge on any atom is -0.399 e. The van der Waals surface area contributed by atoms with E-state index in [-0.39, 0.29) is 5.91 Å². The quantitative estimate of drug-likeness (QED) is 0.249. The maximum absolute atomic E-state index is 12.4. The number of hydrogen-bond acceptors (Lipinski definition) is 5. The van der Waals surface area contributed by atoms with Crippen molar-refractivity contribution in [3.63, 3.8) is 0 Å². The van der Waals surface area contributed by atoms with E-state index in [1.165, 1.54) is 5.56 Å². The van der Waals surface area contributed by atoms with Crippen LogP contribution in [0.1, 0.15) is 27.0 Å². The van der Waals surface area contributed by atoms with Gasteiger partial charge in [-0.2, -0.15) is 9.61 Å². The van der Waals surface area contributed by atoms with Gasteiger partial charge in [-0.05, 0) is 47.3 Å². The molecule has 1 amide bonds. The predicted molar refractivity (Wildman–Crippen MR) is 147 cm³/mol. The number of benzene rings is 3. The predicted octanol–water partition coefficient (Wildman–Crippen LogP) is 3.09. The summed E-state index contributed by atoms with van der Waals surface area (Å²) in [5.74, 6) is 0.735. The Hall–Kier alpha value is -4.59. The van der Waals surface area contributed by atoms with Crippen molar-refractivity contribution in [2.75, 3.05) is 11.1 Å². The summed E-state index contributed by atoms with van der Waals surface area (Å²) in [5, 5.41) is 11.0. The lowest BCUT2D eigenvalue weighted by atomic mass is 10.00. The molecule has 0 spiro atoms. The highest BCUT2D eigenvalue weighted by atomic mass is 16.1. The highest BCUT2D eigenvalue weighted by Crippen LogP contribution is 2.25. The number of aryl methyl sites for hydroxylation is 1. The molecule has 36 heavy (non-hydrogen) atoms. The Morgan fingerprint density at radius 1 is 0.972 bits per heavy atom. The smallest absolute Gasteiger partial charge is 0.251 e. The van der Waals surface area contributed by atoms with Crippen LogP contribution in [0.25, 0.3) is 16.9 Å². The zero-order valence-electron chi connectivity index (χ0n) is 20.3. The molecule has 0 fully saturated rings. The maximum atomic E-state index is 12.4. The minimum atomic E-state index is -0.145. The first-order valence-corrected chi connectivity index (χ1v) is 11.8. The van der Waals surface area contributed by atoms with Crippen LogP contribution in [0.5, 0.6) is 0 Å². The second kappa shape index (κ2) is 9.96. The minimum absolute atomic E-state index is 0.145. The van der Waals surface area contributed by atoms with Crippen molar-refractivity contribution in [1.29, 1.82) is 0 Å². The van der Waals surface area contributed by atoms with Gasteiger partial charge >= 0.3 is 0 Å². The number of fused-ring (bicyclic) bond motifs is 1. The van der Waals surface area contributed by atoms with E-state index in [1.54, 1.807) is 24.3 Å². The van der Waals surface area contributed by atoms with Crippen molar-refractivity contribution in [3.8, 4) is 11.3 Å². The van der Waals surface area contributed by atoms with E-state index in [0.717, 1.165) is 39.3 Å². The molecular formula is C28H27BN6O. The number of aromatic nitrogens is 3. The summed E-state index contributed by atoms with van der Waals surface area (Å²) >= 11 is 0. The Morgan fingerprint density at radius 2 is 1.72 bits per heavy atom. The number of amides is 1. The molecule has 0 aliphatic heterocycles. The number of nitrogens with two attached hydrogens (primary N) is 1. The Balaban J connectivity index is 1.28. The summed E-state index contributed by atoms with van der Waals surface area (Å²) in [6, 6.07) is 25.4. The SMILES string of the molecule is Bc1cnn2c(NCc3ccc(CNC(=O)c4cccc(N)c4)cc3)cc(-c3ccccc3C)nc12. The number of nitrogen functional groups attached to an aromatic ring is 1. The third-order valence-corrected chi connectivity index (χ3v) is 6.17. The van der Waals surface area contributed by atoms with Crippen LogP contribution in [-0.2, 0) is 13.1 Å². The van der Waals surface area contributed by atoms with Crippen LogP contribution in [0.2, 0.25) is 0 Å². The van der Waals surface area contributed by atoms with Crippen LogP contribution in [0.15, 0.2) is 85.1 Å². The van der Waals surface area contributed by atoms with E-state index in [0.29, 0.717) is 24.3 Å². The van der Waals surface area contributed by atoms with Crippen LogP contribution in [0.4, 0.5) is 11.5 Å². The van der Waals surface area contributed by atoms with Crippen molar-refractivity contribution in [2.24, 2.45) is 0 Å². The molecule has 0 saturated carbocycles. The highest BCUT2D eigenvalue weighted by Gasteiger charge is 2.12. The third kappa shape index (κ3) is 4.93. The fourth-order valence-electron chi connectivity index (χ4n) is 4.13. The van der Waals surface area contributed by atoms with Crippen LogP contribution in [-0.4, -0.2) is 28.4 Å². The van der Waals surface area contributed by atoms with Gasteiger partial charge < -0.3 is 16.4 Å². The number of nitrogens with one attached hydrogen (secondary N) is 2. The van der Waals surface area contributed by atoms with Crippen molar-refractivity contribution in [2.45, 2.75) is 20.0 Å². The van der Waals surface area contributed by atoms with Crippen molar-refractivity contribution >= 4 is 36.4 Å². The molecule has 8 heteroatoms. The van der Waals surface area contributed by atoms with Gasteiger partial charge in [0, 0.05) is 42.2 Å². The zero-order valence-corrected chi connectivity index (χ0v) is 20.3. The molecular weight excluding hydrogens is 447 g/mol. The van der Waals surface area contributed by atoms with Crippen molar-refractivity contribution in [1.82, 2.24) is 19.9 Å². The summed E-state index contributed by atoms with van der Waals surface area (Å²) < 4.78 is 1.84. The van der Waals surface area contributed by atoms with E-state index in [9.17, 15) is 4.79 Å². The Labute approximate surface area is 210 Å². The summed E-state index contributed by atoms with van der Waals surface area (Å²) in [6.45, 7) is 3.16. The molecule has 4 N–H and O–H groups in total. The van der Waals surface area contributed by atoms with Crippen LogP contribution < -0.4 is 21.8 Å². The highest BCUT2D eigenvalue weighted by molar-refractivity contribution is 6.36. The molecule has 2 heterocycles. The lowest BCUT2D eigenvalue weighted by Crippen LogP contribution is -2.22. The largest absolute Gasteiger partial charge is 0.399 e. The number of hydrogen-bond donors (Lipinski definition) is 3.